The molecule has 1 aromatic carbocycles. The molecule has 0 amide bonds. The summed E-state index contributed by atoms with van der Waals surface area (Å²) < 4.78 is 39.1. The van der Waals surface area contributed by atoms with Crippen molar-refractivity contribution in [2.75, 3.05) is 0 Å². The molecule has 86 valence electrons. The number of ketones is 1. The minimum atomic E-state index is -1.11. The molecule has 1 fully saturated rings. The van der Waals surface area contributed by atoms with E-state index in [-0.39, 0.29) is 12.3 Å². The lowest BCUT2D eigenvalue weighted by molar-refractivity contribution is 0.0928. The Balaban J connectivity index is 2.21. The number of hydrogen-bond acceptors (Lipinski definition) is 1. The highest BCUT2D eigenvalue weighted by molar-refractivity contribution is 5.96. The van der Waals surface area contributed by atoms with Crippen molar-refractivity contribution in [3.63, 3.8) is 0 Å². The van der Waals surface area contributed by atoms with E-state index in [1.165, 1.54) is 0 Å². The van der Waals surface area contributed by atoms with Gasteiger partial charge >= 0.3 is 0 Å². The summed E-state index contributed by atoms with van der Waals surface area (Å²) in [6.45, 7) is 0. The van der Waals surface area contributed by atoms with Crippen LogP contribution in [0.3, 0.4) is 0 Å². The Morgan fingerprint density at radius 1 is 1.19 bits per heavy atom. The van der Waals surface area contributed by atoms with Crippen LogP contribution in [0.25, 0.3) is 0 Å². The van der Waals surface area contributed by atoms with Gasteiger partial charge in [-0.2, -0.15) is 0 Å². The summed E-state index contributed by atoms with van der Waals surface area (Å²) in [5, 5.41) is 0. The largest absolute Gasteiger partial charge is 0.294 e. The summed E-state index contributed by atoms with van der Waals surface area (Å²) in [4.78, 5) is 11.6. The van der Waals surface area contributed by atoms with Gasteiger partial charge in [-0.05, 0) is 5.92 Å². The maximum Gasteiger partial charge on any atom is 0.169 e. The van der Waals surface area contributed by atoms with Gasteiger partial charge in [0.1, 0.15) is 17.5 Å². The van der Waals surface area contributed by atoms with E-state index < -0.39 is 28.8 Å². The predicted octanol–water partition coefficient (Wildman–Crippen LogP) is 3.48. The topological polar surface area (TPSA) is 17.1 Å². The van der Waals surface area contributed by atoms with E-state index in [9.17, 15) is 18.0 Å². The second-order valence-corrected chi connectivity index (χ2v) is 4.17. The molecule has 1 aliphatic rings. The van der Waals surface area contributed by atoms with Crippen molar-refractivity contribution >= 4 is 5.78 Å². The van der Waals surface area contributed by atoms with Gasteiger partial charge < -0.3 is 0 Å². The van der Waals surface area contributed by atoms with Crippen LogP contribution in [0.15, 0.2) is 12.1 Å². The Morgan fingerprint density at radius 3 is 2.19 bits per heavy atom. The van der Waals surface area contributed by atoms with E-state index in [1.54, 1.807) is 0 Å². The lowest BCUT2D eigenvalue weighted by Crippen LogP contribution is -2.17. The van der Waals surface area contributed by atoms with Crippen molar-refractivity contribution in [3.05, 3.63) is 35.1 Å². The molecular formula is C12H11F3O. The minimum absolute atomic E-state index is 0.152. The summed E-state index contributed by atoms with van der Waals surface area (Å²) >= 11 is 0. The molecule has 16 heavy (non-hydrogen) atoms. The van der Waals surface area contributed by atoms with Gasteiger partial charge in [-0.3, -0.25) is 4.79 Å². The van der Waals surface area contributed by atoms with Gasteiger partial charge in [0.15, 0.2) is 5.78 Å². The van der Waals surface area contributed by atoms with Gasteiger partial charge in [0.2, 0.25) is 0 Å². The first-order valence-electron chi connectivity index (χ1n) is 5.25. The fraction of sp³-hybridized carbons (Fsp3) is 0.417. The molecule has 1 nitrogen and oxygen atoms in total. The molecule has 2 rings (SSSR count). The van der Waals surface area contributed by atoms with Gasteiger partial charge in [-0.15, -0.1) is 0 Å². The van der Waals surface area contributed by atoms with Crippen molar-refractivity contribution in [1.29, 1.82) is 0 Å². The summed E-state index contributed by atoms with van der Waals surface area (Å²) in [6.07, 6.45) is 3.07. The van der Waals surface area contributed by atoms with Crippen LogP contribution in [0, 0.1) is 23.4 Å². The van der Waals surface area contributed by atoms with Crippen LogP contribution in [0.2, 0.25) is 0 Å². The van der Waals surface area contributed by atoms with Crippen LogP contribution in [0.1, 0.15) is 36.0 Å². The summed E-state index contributed by atoms with van der Waals surface area (Å²) in [5.74, 6) is -3.56. The van der Waals surface area contributed by atoms with Crippen LogP contribution in [0.4, 0.5) is 13.2 Å². The van der Waals surface area contributed by atoms with Gasteiger partial charge in [0, 0.05) is 18.6 Å². The number of rotatable bonds is 3. The number of Topliss-reactive ketones (excluding diaryl/α,β-unsaturated/α-hetero) is 1. The molecular weight excluding hydrogens is 217 g/mol. The second kappa shape index (κ2) is 4.28. The molecule has 0 aliphatic heterocycles. The number of benzene rings is 1. The Hall–Kier alpha value is -1.32. The third kappa shape index (κ3) is 2.10. The van der Waals surface area contributed by atoms with Gasteiger partial charge in [-0.1, -0.05) is 19.3 Å². The SMILES string of the molecule is O=C(CC1CCC1)c1c(F)cc(F)cc1F. The molecule has 0 N–H and O–H groups in total. The van der Waals surface area contributed by atoms with E-state index in [2.05, 4.69) is 0 Å². The molecule has 0 spiro atoms. The Bertz CT molecular complexity index is 401. The standard InChI is InChI=1S/C12H11F3O/c13-8-5-9(14)12(10(15)6-8)11(16)4-7-2-1-3-7/h5-7H,1-4H2. The third-order valence-electron chi connectivity index (χ3n) is 2.98. The Morgan fingerprint density at radius 2 is 1.75 bits per heavy atom. The smallest absolute Gasteiger partial charge is 0.169 e. The zero-order valence-corrected chi connectivity index (χ0v) is 8.60. The van der Waals surface area contributed by atoms with E-state index >= 15 is 0 Å². The fourth-order valence-electron chi connectivity index (χ4n) is 1.87. The van der Waals surface area contributed by atoms with Crippen molar-refractivity contribution in [3.8, 4) is 0 Å². The van der Waals surface area contributed by atoms with E-state index in [1.807, 2.05) is 0 Å². The monoisotopic (exact) mass is 228 g/mol. The van der Waals surface area contributed by atoms with Crippen LogP contribution in [-0.4, -0.2) is 5.78 Å². The lowest BCUT2D eigenvalue weighted by Gasteiger charge is -2.24. The van der Waals surface area contributed by atoms with Crippen LogP contribution in [0.5, 0.6) is 0 Å². The summed E-state index contributed by atoms with van der Waals surface area (Å²) in [5.41, 5.74) is -0.603. The van der Waals surface area contributed by atoms with E-state index in [0.29, 0.717) is 12.1 Å². The number of hydrogen-bond donors (Lipinski definition) is 0. The highest BCUT2D eigenvalue weighted by atomic mass is 19.1. The Kier molecular flexibility index (Phi) is 2.99. The van der Waals surface area contributed by atoms with Crippen LogP contribution < -0.4 is 0 Å². The van der Waals surface area contributed by atoms with E-state index in [4.69, 9.17) is 0 Å². The predicted molar refractivity (Wildman–Crippen MR) is 52.6 cm³/mol. The molecule has 0 saturated heterocycles. The van der Waals surface area contributed by atoms with Crippen LogP contribution in [-0.2, 0) is 0 Å². The summed E-state index contributed by atoms with van der Waals surface area (Å²) in [6, 6.07) is 1.08. The normalized spacial score (nSPS) is 15.9. The zero-order valence-electron chi connectivity index (χ0n) is 8.60. The van der Waals surface area contributed by atoms with Crippen molar-refractivity contribution in [2.45, 2.75) is 25.7 Å². The average molecular weight is 228 g/mol. The zero-order chi connectivity index (χ0) is 11.7. The van der Waals surface area contributed by atoms with Gasteiger partial charge in [0.05, 0.1) is 5.56 Å². The van der Waals surface area contributed by atoms with E-state index in [0.717, 1.165) is 19.3 Å². The van der Waals surface area contributed by atoms with Crippen molar-refractivity contribution < 1.29 is 18.0 Å². The summed E-state index contributed by atoms with van der Waals surface area (Å²) in [7, 11) is 0. The van der Waals surface area contributed by atoms with Gasteiger partial charge in [0.25, 0.3) is 0 Å². The molecule has 1 saturated carbocycles. The lowest BCUT2D eigenvalue weighted by atomic mass is 9.81. The number of halogens is 3. The molecule has 0 bridgehead atoms. The van der Waals surface area contributed by atoms with Gasteiger partial charge in [-0.25, -0.2) is 13.2 Å². The quantitative estimate of drug-likeness (QED) is 0.724. The molecule has 4 heteroatoms. The number of carbonyl (C=O) groups is 1. The molecule has 0 radical (unpaired) electrons. The average Bonchev–Trinajstić information content (AvgIpc) is 2.09. The molecule has 0 unspecified atom stereocenters. The maximum atomic E-state index is 13.2. The molecule has 0 atom stereocenters. The molecule has 1 aliphatic carbocycles. The van der Waals surface area contributed by atoms with Crippen molar-refractivity contribution in [2.24, 2.45) is 5.92 Å². The number of carbonyl (C=O) groups excluding carboxylic acids is 1. The highest BCUT2D eigenvalue weighted by Gasteiger charge is 2.25. The highest BCUT2D eigenvalue weighted by Crippen LogP contribution is 2.31. The Labute approximate surface area is 91.3 Å². The third-order valence-corrected chi connectivity index (χ3v) is 2.98. The first-order valence-corrected chi connectivity index (χ1v) is 5.25. The maximum absolute atomic E-state index is 13.2. The van der Waals surface area contributed by atoms with Crippen LogP contribution >= 0.6 is 0 Å². The fourth-order valence-corrected chi connectivity index (χ4v) is 1.87. The van der Waals surface area contributed by atoms with Crippen molar-refractivity contribution in [1.82, 2.24) is 0 Å². The second-order valence-electron chi connectivity index (χ2n) is 4.17. The molecule has 0 heterocycles. The first-order chi connectivity index (χ1) is 7.58. The first kappa shape index (κ1) is 11.2. The molecule has 0 aromatic heterocycles. The minimum Gasteiger partial charge on any atom is -0.294 e. The molecule has 1 aromatic rings.